The highest BCUT2D eigenvalue weighted by molar-refractivity contribution is 6.42. The number of nitrogens with zero attached hydrogens (tertiary/aromatic N) is 3. The smallest absolute Gasteiger partial charge is 0.415 e. The third kappa shape index (κ3) is 4.56. The molecule has 1 aromatic rings. The summed E-state index contributed by atoms with van der Waals surface area (Å²) in [6.45, 7) is 6.34. The fourth-order valence-electron chi connectivity index (χ4n) is 2.93. The van der Waals surface area contributed by atoms with Crippen molar-refractivity contribution in [3.63, 3.8) is 0 Å². The van der Waals surface area contributed by atoms with E-state index in [1.165, 1.54) is 18.2 Å². The predicted octanol–water partition coefficient (Wildman–Crippen LogP) is 3.88. The highest BCUT2D eigenvalue weighted by Crippen LogP contribution is 2.35. The van der Waals surface area contributed by atoms with E-state index in [4.69, 9.17) is 27.9 Å². The molecule has 1 saturated heterocycles. The van der Waals surface area contributed by atoms with Crippen LogP contribution in [0.5, 0.6) is 0 Å². The fraction of sp³-hybridized carbons (Fsp3) is 0.263. The molecule has 1 heterocycles. The van der Waals surface area contributed by atoms with Crippen molar-refractivity contribution >= 4 is 46.4 Å². The Kier molecular flexibility index (Phi) is 6.49. The number of rotatable bonds is 3. The van der Waals surface area contributed by atoms with Gasteiger partial charge in [-0.3, -0.25) is 0 Å². The number of ether oxygens (including phenoxy) is 1. The van der Waals surface area contributed by atoms with Crippen LogP contribution in [0.1, 0.15) is 0 Å². The molecule has 0 aromatic heterocycles. The normalized spacial score (nSPS) is 19.1. The third-order valence-corrected chi connectivity index (χ3v) is 5.33. The van der Waals surface area contributed by atoms with Crippen LogP contribution in [-0.2, 0) is 4.74 Å². The second-order valence-electron chi connectivity index (χ2n) is 6.60. The topological polar surface area (TPSA) is 93.9 Å². The van der Waals surface area contributed by atoms with Crippen LogP contribution in [0.25, 0.3) is 0 Å². The van der Waals surface area contributed by atoms with Gasteiger partial charge in [-0.1, -0.05) is 35.9 Å². The molecule has 0 atom stereocenters. The molecular weight excluding hydrogens is 419 g/mol. The molecule has 8 nitrogen and oxygen atoms in total. The van der Waals surface area contributed by atoms with Gasteiger partial charge in [-0.2, -0.15) is 4.74 Å². The van der Waals surface area contributed by atoms with Crippen LogP contribution in [0.4, 0.5) is 16.2 Å². The standard InChI is InChI=1S/C19H19Cl2N4O4/c1-12-4-3-5-17(29-19(26)24-8-6-23(2)7-9-24)18(12)25(28)16-11-14(21)13(20)10-15(16)22-27/h3-5,10-11,22H,1,6-9H2,2H3/q-1/b25-18-. The summed E-state index contributed by atoms with van der Waals surface area (Å²) in [5.41, 5.74) is 1.82. The Morgan fingerprint density at radius 1 is 1.24 bits per heavy atom. The lowest BCUT2D eigenvalue weighted by Crippen LogP contribution is -2.47. The van der Waals surface area contributed by atoms with Crippen molar-refractivity contribution in [2.24, 2.45) is 0 Å². The first-order valence-electron chi connectivity index (χ1n) is 8.76. The number of halogens is 2. The van der Waals surface area contributed by atoms with Gasteiger partial charge < -0.3 is 30.4 Å². The Labute approximate surface area is 178 Å². The van der Waals surface area contributed by atoms with Gasteiger partial charge in [0.25, 0.3) is 5.71 Å². The van der Waals surface area contributed by atoms with E-state index >= 15 is 0 Å². The largest absolute Gasteiger partial charge is 0.761 e. The summed E-state index contributed by atoms with van der Waals surface area (Å²) in [6, 6.07) is 2.51. The van der Waals surface area contributed by atoms with Crippen molar-refractivity contribution in [3.05, 3.63) is 68.7 Å². The van der Waals surface area contributed by atoms with Crippen LogP contribution in [0.15, 0.2) is 48.3 Å². The highest BCUT2D eigenvalue weighted by atomic mass is 35.5. The third-order valence-electron chi connectivity index (χ3n) is 4.61. The molecule has 0 radical (unpaired) electrons. The quantitative estimate of drug-likeness (QED) is 0.437. The summed E-state index contributed by atoms with van der Waals surface area (Å²) in [5.74, 6) is 0.0272. The molecule has 1 fully saturated rings. The fourth-order valence-corrected chi connectivity index (χ4v) is 3.26. The van der Waals surface area contributed by atoms with E-state index in [0.29, 0.717) is 23.4 Å². The molecule has 0 saturated carbocycles. The minimum Gasteiger partial charge on any atom is -0.761 e. The first-order valence-corrected chi connectivity index (χ1v) is 9.52. The van der Waals surface area contributed by atoms with Crippen molar-refractivity contribution in [1.82, 2.24) is 9.80 Å². The Morgan fingerprint density at radius 3 is 2.55 bits per heavy atom. The van der Waals surface area contributed by atoms with Gasteiger partial charge >= 0.3 is 6.09 Å². The van der Waals surface area contributed by atoms with Gasteiger partial charge in [0.15, 0.2) is 0 Å². The molecule has 1 aliphatic carbocycles. The van der Waals surface area contributed by atoms with Crippen LogP contribution in [0.2, 0.25) is 10.0 Å². The van der Waals surface area contributed by atoms with Crippen molar-refractivity contribution in [3.8, 4) is 0 Å². The second kappa shape index (κ2) is 8.87. The first kappa shape index (κ1) is 21.2. The number of hydrogen-bond donors (Lipinski definition) is 1. The highest BCUT2D eigenvalue weighted by Gasteiger charge is 2.30. The maximum atomic E-state index is 13.1. The number of piperazine rings is 1. The number of hydrogen-bond acceptors (Lipinski definition) is 6. The lowest BCUT2D eigenvalue weighted by Gasteiger charge is -2.31. The molecule has 1 amide bonds. The van der Waals surface area contributed by atoms with E-state index < -0.39 is 6.09 Å². The van der Waals surface area contributed by atoms with Gasteiger partial charge in [-0.05, 0) is 25.3 Å². The van der Waals surface area contributed by atoms with Gasteiger partial charge in [0.1, 0.15) is 0 Å². The molecule has 1 aromatic carbocycles. The molecule has 1 aliphatic heterocycles. The SMILES string of the molecule is C=C1C=CC=C(OC(=O)N2CCN(C)CC2)/C1=[N+](\[O-])c1cc(Cl)c(Cl)cc1N[O-]. The van der Waals surface area contributed by atoms with Gasteiger partial charge in [0, 0.05) is 37.8 Å². The van der Waals surface area contributed by atoms with Crippen LogP contribution in [0, 0.1) is 10.4 Å². The second-order valence-corrected chi connectivity index (χ2v) is 7.42. The molecule has 10 heteroatoms. The lowest BCUT2D eigenvalue weighted by atomic mass is 10.0. The number of anilines is 1. The summed E-state index contributed by atoms with van der Waals surface area (Å²) >= 11 is 11.9. The Morgan fingerprint density at radius 2 is 1.90 bits per heavy atom. The zero-order chi connectivity index (χ0) is 21.1. The predicted molar refractivity (Wildman–Crippen MR) is 114 cm³/mol. The number of amides is 1. The number of carbonyl (C=O) groups excluding carboxylic acids is 1. The monoisotopic (exact) mass is 437 g/mol. The van der Waals surface area contributed by atoms with Gasteiger partial charge in [-0.25, -0.2) is 4.79 Å². The van der Waals surface area contributed by atoms with Crippen molar-refractivity contribution in [2.75, 3.05) is 38.7 Å². The Balaban J connectivity index is 1.95. The van der Waals surface area contributed by atoms with Crippen LogP contribution in [-0.4, -0.2) is 59.6 Å². The molecule has 2 aliphatic rings. The summed E-state index contributed by atoms with van der Waals surface area (Å²) < 4.78 is 5.94. The molecule has 154 valence electrons. The summed E-state index contributed by atoms with van der Waals surface area (Å²) in [7, 11) is 1.97. The van der Waals surface area contributed by atoms with Gasteiger partial charge in [0.05, 0.1) is 15.7 Å². The zero-order valence-electron chi connectivity index (χ0n) is 15.7. The number of likely N-dealkylation sites (N-methyl/N-ethyl adjacent to an activating group) is 1. The lowest BCUT2D eigenvalue weighted by molar-refractivity contribution is -0.359. The molecule has 3 rings (SSSR count). The molecular formula is C19H19Cl2N4O4-. The van der Waals surface area contributed by atoms with Crippen molar-refractivity contribution in [1.29, 1.82) is 0 Å². The zero-order valence-corrected chi connectivity index (χ0v) is 17.2. The molecule has 0 bridgehead atoms. The van der Waals surface area contributed by atoms with E-state index in [1.807, 2.05) is 7.05 Å². The first-order chi connectivity index (χ1) is 13.8. The van der Waals surface area contributed by atoms with Gasteiger partial charge in [0.2, 0.25) is 11.4 Å². The Hall–Kier alpha value is -2.52. The van der Waals surface area contributed by atoms with Crippen LogP contribution >= 0.6 is 23.2 Å². The number of nitrogens with one attached hydrogen (secondary N) is 1. The number of allylic oxidation sites excluding steroid dienone is 4. The minimum atomic E-state index is -0.560. The number of benzene rings is 1. The van der Waals surface area contributed by atoms with Gasteiger partial charge in [-0.15, -0.1) is 0 Å². The summed E-state index contributed by atoms with van der Waals surface area (Å²) in [6.07, 6.45) is 4.14. The van der Waals surface area contributed by atoms with Crippen LogP contribution < -0.4 is 5.48 Å². The van der Waals surface area contributed by atoms with Crippen molar-refractivity contribution < 1.29 is 14.3 Å². The molecule has 0 spiro atoms. The molecule has 29 heavy (non-hydrogen) atoms. The Bertz CT molecular complexity index is 934. The van der Waals surface area contributed by atoms with E-state index in [2.05, 4.69) is 11.5 Å². The number of carbonyl (C=O) groups is 1. The van der Waals surface area contributed by atoms with E-state index in [-0.39, 0.29) is 32.9 Å². The van der Waals surface area contributed by atoms with E-state index in [0.717, 1.165) is 13.1 Å². The minimum absolute atomic E-state index is 0.00938. The maximum absolute atomic E-state index is 13.1. The molecule has 1 N–H and O–H groups in total. The van der Waals surface area contributed by atoms with E-state index in [9.17, 15) is 15.2 Å². The average Bonchev–Trinajstić information content (AvgIpc) is 2.70. The summed E-state index contributed by atoms with van der Waals surface area (Å²) in [4.78, 5) is 16.2. The maximum Gasteiger partial charge on any atom is 0.415 e. The summed E-state index contributed by atoms with van der Waals surface area (Å²) in [5, 5.41) is 24.6. The van der Waals surface area contributed by atoms with E-state index in [1.54, 1.807) is 22.5 Å². The van der Waals surface area contributed by atoms with Crippen LogP contribution in [0.3, 0.4) is 0 Å². The average molecular weight is 438 g/mol. The molecule has 0 unspecified atom stereocenters. The van der Waals surface area contributed by atoms with Crippen molar-refractivity contribution in [2.45, 2.75) is 0 Å².